The molecule has 8 heteroatoms. The summed E-state index contributed by atoms with van der Waals surface area (Å²) in [7, 11) is 0. The van der Waals surface area contributed by atoms with E-state index < -0.39 is 0 Å². The van der Waals surface area contributed by atoms with Crippen molar-refractivity contribution in [1.29, 1.82) is 5.41 Å². The Morgan fingerprint density at radius 3 is 2.80 bits per heavy atom. The van der Waals surface area contributed by atoms with Gasteiger partial charge in [-0.3, -0.25) is 15.1 Å². The van der Waals surface area contributed by atoms with Crippen LogP contribution in [0.5, 0.6) is 11.5 Å². The predicted molar refractivity (Wildman–Crippen MR) is 95.1 cm³/mol. The first-order chi connectivity index (χ1) is 11.8. The van der Waals surface area contributed by atoms with Gasteiger partial charge < -0.3 is 20.7 Å². The molecule has 1 aliphatic heterocycles. The van der Waals surface area contributed by atoms with Gasteiger partial charge in [0, 0.05) is 49.0 Å². The van der Waals surface area contributed by atoms with Crippen LogP contribution in [-0.4, -0.2) is 53.0 Å². The normalized spacial score (nSPS) is 15.3. The predicted octanol–water partition coefficient (Wildman–Crippen LogP) is 1.99. The number of benzene rings is 1. The zero-order valence-corrected chi connectivity index (χ0v) is 14.8. The number of esters is 1. The second kappa shape index (κ2) is 8.22. The minimum atomic E-state index is -0.260. The van der Waals surface area contributed by atoms with Gasteiger partial charge in [0.1, 0.15) is 11.5 Å². The molecule has 0 saturated heterocycles. The summed E-state index contributed by atoms with van der Waals surface area (Å²) in [6.07, 6.45) is 0.831. The lowest BCUT2D eigenvalue weighted by Crippen LogP contribution is -2.37. The number of phenolic OH excluding ortho intramolecular Hbond substituents is 2. The van der Waals surface area contributed by atoms with Gasteiger partial charge in [0.25, 0.3) is 0 Å². The van der Waals surface area contributed by atoms with Gasteiger partial charge in [0.15, 0.2) is 0 Å². The van der Waals surface area contributed by atoms with Crippen LogP contribution in [0.25, 0.3) is 0 Å². The maximum Gasteiger partial charge on any atom is 0.307 e. The molecule has 1 heterocycles. The SMILES string of the molecule is CCOC(=O)CCN1CCC(N)=C(C(=N)c2cc(Cl)c(O)cc2O)C1. The smallest absolute Gasteiger partial charge is 0.307 e. The summed E-state index contributed by atoms with van der Waals surface area (Å²) in [6, 6.07) is 2.44. The molecule has 0 radical (unpaired) electrons. The van der Waals surface area contributed by atoms with Gasteiger partial charge >= 0.3 is 5.97 Å². The maximum atomic E-state index is 11.5. The number of hydrogen-bond donors (Lipinski definition) is 4. The van der Waals surface area contributed by atoms with E-state index in [-0.39, 0.29) is 40.2 Å². The van der Waals surface area contributed by atoms with Crippen LogP contribution >= 0.6 is 11.6 Å². The number of rotatable bonds is 6. The standard InChI is InChI=1S/C17H22ClN3O4/c1-2-25-16(24)4-6-21-5-3-13(19)11(9-21)17(20)10-7-12(18)15(23)8-14(10)22/h7-8,20,22-23H,2-6,9,19H2,1H3. The van der Waals surface area contributed by atoms with Crippen molar-refractivity contribution in [2.75, 3.05) is 26.2 Å². The van der Waals surface area contributed by atoms with Crippen molar-refractivity contribution in [2.45, 2.75) is 19.8 Å². The Morgan fingerprint density at radius 2 is 2.12 bits per heavy atom. The van der Waals surface area contributed by atoms with Crippen molar-refractivity contribution in [3.63, 3.8) is 0 Å². The number of nitrogens with one attached hydrogen (secondary N) is 1. The van der Waals surface area contributed by atoms with Gasteiger partial charge in [-0.25, -0.2) is 0 Å². The Kier molecular flexibility index (Phi) is 6.27. The van der Waals surface area contributed by atoms with Crippen LogP contribution in [0.3, 0.4) is 0 Å². The molecule has 25 heavy (non-hydrogen) atoms. The number of halogens is 1. The first-order valence-electron chi connectivity index (χ1n) is 7.99. The first kappa shape index (κ1) is 19.1. The van der Waals surface area contributed by atoms with Crippen molar-refractivity contribution in [1.82, 2.24) is 4.90 Å². The summed E-state index contributed by atoms with van der Waals surface area (Å²) in [5, 5.41) is 28.0. The van der Waals surface area contributed by atoms with E-state index in [0.717, 1.165) is 6.07 Å². The van der Waals surface area contributed by atoms with E-state index in [2.05, 4.69) is 0 Å². The number of carbonyl (C=O) groups is 1. The van der Waals surface area contributed by atoms with E-state index in [0.29, 0.717) is 43.9 Å². The highest BCUT2D eigenvalue weighted by atomic mass is 35.5. The lowest BCUT2D eigenvalue weighted by molar-refractivity contribution is -0.143. The molecule has 136 valence electrons. The first-order valence-corrected chi connectivity index (χ1v) is 8.37. The Hall–Kier alpha value is -2.25. The Bertz CT molecular complexity index is 718. The third-order valence-corrected chi connectivity index (χ3v) is 4.34. The summed E-state index contributed by atoms with van der Waals surface area (Å²) in [5.41, 5.74) is 7.46. The molecule has 0 bridgehead atoms. The summed E-state index contributed by atoms with van der Waals surface area (Å²) >= 11 is 5.88. The van der Waals surface area contributed by atoms with E-state index in [4.69, 9.17) is 27.5 Å². The van der Waals surface area contributed by atoms with Gasteiger partial charge in [-0.2, -0.15) is 0 Å². The van der Waals surface area contributed by atoms with Crippen LogP contribution in [0, 0.1) is 5.41 Å². The molecule has 0 atom stereocenters. The van der Waals surface area contributed by atoms with Gasteiger partial charge in [0.05, 0.1) is 23.8 Å². The molecule has 0 spiro atoms. The van der Waals surface area contributed by atoms with Crippen LogP contribution in [0.2, 0.25) is 5.02 Å². The van der Waals surface area contributed by atoms with Crippen LogP contribution < -0.4 is 5.73 Å². The Balaban J connectivity index is 2.13. The van der Waals surface area contributed by atoms with Crippen molar-refractivity contribution < 1.29 is 19.7 Å². The molecule has 1 aliphatic rings. The molecule has 0 saturated carbocycles. The van der Waals surface area contributed by atoms with Gasteiger partial charge in [-0.1, -0.05) is 11.6 Å². The van der Waals surface area contributed by atoms with Crippen molar-refractivity contribution in [3.8, 4) is 11.5 Å². The van der Waals surface area contributed by atoms with E-state index >= 15 is 0 Å². The second-order valence-electron chi connectivity index (χ2n) is 5.78. The maximum absolute atomic E-state index is 11.5. The Morgan fingerprint density at radius 1 is 1.40 bits per heavy atom. The number of nitrogens with two attached hydrogens (primary N) is 1. The fourth-order valence-electron chi connectivity index (χ4n) is 2.66. The average Bonchev–Trinajstić information content (AvgIpc) is 2.57. The molecule has 0 amide bonds. The van der Waals surface area contributed by atoms with Gasteiger partial charge in [-0.15, -0.1) is 0 Å². The third-order valence-electron chi connectivity index (χ3n) is 4.04. The molecule has 1 aromatic carbocycles. The lowest BCUT2D eigenvalue weighted by atomic mass is 9.95. The molecule has 2 rings (SSSR count). The number of ether oxygens (including phenoxy) is 1. The molecule has 0 aromatic heterocycles. The highest BCUT2D eigenvalue weighted by Crippen LogP contribution is 2.33. The van der Waals surface area contributed by atoms with Crippen molar-refractivity contribution >= 4 is 23.3 Å². The lowest BCUT2D eigenvalue weighted by Gasteiger charge is -2.29. The van der Waals surface area contributed by atoms with E-state index in [1.54, 1.807) is 6.92 Å². The Labute approximate surface area is 151 Å². The molecule has 0 unspecified atom stereocenters. The molecule has 7 nitrogen and oxygen atoms in total. The van der Waals surface area contributed by atoms with E-state index in [9.17, 15) is 15.0 Å². The monoisotopic (exact) mass is 367 g/mol. The number of carbonyl (C=O) groups excluding carboxylic acids is 1. The topological polar surface area (TPSA) is 120 Å². The molecular weight excluding hydrogens is 346 g/mol. The van der Waals surface area contributed by atoms with Crippen LogP contribution in [0.15, 0.2) is 23.4 Å². The molecule has 5 N–H and O–H groups in total. The fourth-order valence-corrected chi connectivity index (χ4v) is 2.82. The molecule has 1 aromatic rings. The van der Waals surface area contributed by atoms with E-state index in [1.807, 2.05) is 4.90 Å². The summed E-state index contributed by atoms with van der Waals surface area (Å²) < 4.78 is 4.92. The molecular formula is C17H22ClN3O4. The average molecular weight is 368 g/mol. The number of aromatic hydroxyl groups is 2. The van der Waals surface area contributed by atoms with Crippen LogP contribution in [-0.2, 0) is 9.53 Å². The summed E-state index contributed by atoms with van der Waals surface area (Å²) in [6.45, 7) is 3.69. The largest absolute Gasteiger partial charge is 0.507 e. The number of hydrogen-bond acceptors (Lipinski definition) is 7. The highest BCUT2D eigenvalue weighted by molar-refractivity contribution is 6.32. The minimum absolute atomic E-state index is 0.0479. The van der Waals surface area contributed by atoms with Crippen molar-refractivity contribution in [2.24, 2.45) is 5.73 Å². The second-order valence-corrected chi connectivity index (χ2v) is 6.19. The zero-order chi connectivity index (χ0) is 18.6. The quantitative estimate of drug-likeness (QED) is 0.451. The molecule has 0 fully saturated rings. The van der Waals surface area contributed by atoms with Crippen molar-refractivity contribution in [3.05, 3.63) is 34.0 Å². The van der Waals surface area contributed by atoms with E-state index in [1.165, 1.54) is 6.07 Å². The summed E-state index contributed by atoms with van der Waals surface area (Å²) in [4.78, 5) is 13.5. The third kappa shape index (κ3) is 4.64. The molecule has 0 aliphatic carbocycles. The fraction of sp³-hybridized carbons (Fsp3) is 0.412. The summed E-state index contributed by atoms with van der Waals surface area (Å²) in [5.74, 6) is -0.752. The van der Waals surface area contributed by atoms with Gasteiger partial charge in [-0.05, 0) is 13.0 Å². The van der Waals surface area contributed by atoms with Gasteiger partial charge in [0.2, 0.25) is 0 Å². The number of nitrogens with zero attached hydrogens (tertiary/aromatic N) is 1. The zero-order valence-electron chi connectivity index (χ0n) is 14.0. The highest BCUT2D eigenvalue weighted by Gasteiger charge is 2.24. The van der Waals surface area contributed by atoms with Crippen LogP contribution in [0.4, 0.5) is 0 Å². The minimum Gasteiger partial charge on any atom is -0.507 e. The van der Waals surface area contributed by atoms with Crippen LogP contribution in [0.1, 0.15) is 25.3 Å². The number of phenols is 2.